The highest BCUT2D eigenvalue weighted by Gasteiger charge is 2.48. The van der Waals surface area contributed by atoms with Crippen LogP contribution in [0.15, 0.2) is 18.2 Å². The normalized spacial score (nSPS) is 23.0. The Balaban J connectivity index is 1.78. The van der Waals surface area contributed by atoms with Crippen molar-refractivity contribution in [1.82, 2.24) is 15.6 Å². The van der Waals surface area contributed by atoms with E-state index in [4.69, 9.17) is 0 Å². The van der Waals surface area contributed by atoms with Crippen molar-refractivity contribution in [2.45, 2.75) is 64.8 Å². The fourth-order valence-corrected chi connectivity index (χ4v) is 5.35. The molecule has 1 aromatic heterocycles. The monoisotopic (exact) mass is 381 g/mol. The van der Waals surface area contributed by atoms with Crippen LogP contribution in [0.3, 0.4) is 0 Å². The van der Waals surface area contributed by atoms with Crippen molar-refractivity contribution in [3.63, 3.8) is 0 Å². The van der Waals surface area contributed by atoms with Crippen LogP contribution in [-0.4, -0.2) is 35.8 Å². The molecule has 5 heteroatoms. The van der Waals surface area contributed by atoms with Crippen LogP contribution in [0.2, 0.25) is 0 Å². The predicted molar refractivity (Wildman–Crippen MR) is 112 cm³/mol. The van der Waals surface area contributed by atoms with Crippen molar-refractivity contribution in [3.05, 3.63) is 35.0 Å². The average molecular weight is 382 g/mol. The van der Waals surface area contributed by atoms with Gasteiger partial charge in [0.25, 0.3) is 5.91 Å². The van der Waals surface area contributed by atoms with Crippen molar-refractivity contribution < 1.29 is 9.59 Å². The highest BCUT2D eigenvalue weighted by Crippen LogP contribution is 2.51. The summed E-state index contributed by atoms with van der Waals surface area (Å²) in [5.74, 6) is 0.188. The summed E-state index contributed by atoms with van der Waals surface area (Å²) in [6.45, 7) is 10.5. The molecule has 1 amide bonds. The number of carbonyl (C=O) groups excluding carboxylic acids is 2. The van der Waals surface area contributed by atoms with E-state index in [9.17, 15) is 9.59 Å². The smallest absolute Gasteiger partial charge is 0.251 e. The van der Waals surface area contributed by atoms with Gasteiger partial charge < -0.3 is 15.6 Å². The van der Waals surface area contributed by atoms with Crippen molar-refractivity contribution in [3.8, 4) is 0 Å². The number of rotatable bonds is 4. The van der Waals surface area contributed by atoms with E-state index in [0.717, 1.165) is 60.9 Å². The molecule has 1 aromatic carbocycles. The van der Waals surface area contributed by atoms with Gasteiger partial charge in [-0.1, -0.05) is 27.7 Å². The minimum absolute atomic E-state index is 0.0399. The van der Waals surface area contributed by atoms with Gasteiger partial charge in [-0.2, -0.15) is 0 Å². The largest absolute Gasteiger partial charge is 0.352 e. The third-order valence-corrected chi connectivity index (χ3v) is 6.98. The zero-order valence-corrected chi connectivity index (χ0v) is 17.4. The molecule has 1 saturated heterocycles. The molecular formula is C23H31N3O2. The SMILES string of the molecule is CCC1(CC)CC(C)(C)c2c([nH]c3ccc(C(=O)NC4CCNC4)cc23)C1=O. The van der Waals surface area contributed by atoms with E-state index in [1.54, 1.807) is 0 Å². The average Bonchev–Trinajstić information content (AvgIpc) is 3.32. The first-order valence-corrected chi connectivity index (χ1v) is 10.5. The second-order valence-corrected chi connectivity index (χ2v) is 9.18. The molecule has 1 atom stereocenters. The third-order valence-electron chi connectivity index (χ3n) is 6.98. The Morgan fingerprint density at radius 1 is 1.25 bits per heavy atom. The van der Waals surface area contributed by atoms with E-state index >= 15 is 0 Å². The Kier molecular flexibility index (Phi) is 4.61. The number of aromatic nitrogens is 1. The summed E-state index contributed by atoms with van der Waals surface area (Å²) in [5.41, 5.74) is 2.99. The summed E-state index contributed by atoms with van der Waals surface area (Å²) < 4.78 is 0. The lowest BCUT2D eigenvalue weighted by molar-refractivity contribution is 0.0670. The summed E-state index contributed by atoms with van der Waals surface area (Å²) in [6, 6.07) is 5.95. The molecule has 5 nitrogen and oxygen atoms in total. The molecular weight excluding hydrogens is 350 g/mol. The number of carbonyl (C=O) groups is 2. The lowest BCUT2D eigenvalue weighted by Crippen LogP contribution is -2.42. The number of ketones is 1. The first kappa shape index (κ1) is 19.2. The van der Waals surface area contributed by atoms with E-state index in [2.05, 4.69) is 43.3 Å². The van der Waals surface area contributed by atoms with Gasteiger partial charge in [-0.3, -0.25) is 9.59 Å². The maximum atomic E-state index is 13.4. The van der Waals surface area contributed by atoms with E-state index in [1.807, 2.05) is 18.2 Å². The maximum Gasteiger partial charge on any atom is 0.251 e. The summed E-state index contributed by atoms with van der Waals surface area (Å²) in [4.78, 5) is 29.5. The van der Waals surface area contributed by atoms with E-state index < -0.39 is 0 Å². The highest BCUT2D eigenvalue weighted by atomic mass is 16.1. The molecule has 1 fully saturated rings. The van der Waals surface area contributed by atoms with Crippen LogP contribution in [0.25, 0.3) is 10.9 Å². The fraction of sp³-hybridized carbons (Fsp3) is 0.565. The number of benzene rings is 1. The van der Waals surface area contributed by atoms with E-state index in [0.29, 0.717) is 5.56 Å². The first-order chi connectivity index (χ1) is 13.3. The number of aromatic amines is 1. The zero-order valence-electron chi connectivity index (χ0n) is 17.4. The van der Waals surface area contributed by atoms with Crippen molar-refractivity contribution in [2.75, 3.05) is 13.1 Å². The second-order valence-electron chi connectivity index (χ2n) is 9.18. The third kappa shape index (κ3) is 2.87. The number of nitrogens with one attached hydrogen (secondary N) is 3. The van der Waals surface area contributed by atoms with Gasteiger partial charge in [0.2, 0.25) is 0 Å². The van der Waals surface area contributed by atoms with Gasteiger partial charge in [-0.05, 0) is 61.4 Å². The number of hydrogen-bond acceptors (Lipinski definition) is 3. The molecule has 4 rings (SSSR count). The van der Waals surface area contributed by atoms with E-state index in [-0.39, 0.29) is 28.6 Å². The number of H-pyrrole nitrogens is 1. The standard InChI is InChI=1S/C23H31N3O2/c1-5-23(6-2)13-22(3,4)18-16-11-14(21(28)25-15-9-10-24-12-15)7-8-17(16)26-19(18)20(23)27/h7-8,11,15,24,26H,5-6,9-10,12-13H2,1-4H3,(H,25,28). The number of hydrogen-bond donors (Lipinski definition) is 3. The van der Waals surface area contributed by atoms with Crippen LogP contribution in [0.1, 0.15) is 79.8 Å². The van der Waals surface area contributed by atoms with Crippen LogP contribution in [0, 0.1) is 5.41 Å². The molecule has 1 aliphatic carbocycles. The quantitative estimate of drug-likeness (QED) is 0.751. The van der Waals surface area contributed by atoms with Gasteiger partial charge in [0.15, 0.2) is 5.78 Å². The highest BCUT2D eigenvalue weighted by molar-refractivity contribution is 6.08. The summed E-state index contributed by atoms with van der Waals surface area (Å²) in [6.07, 6.45) is 3.51. The second kappa shape index (κ2) is 6.73. The van der Waals surface area contributed by atoms with Crippen LogP contribution in [-0.2, 0) is 5.41 Å². The number of Topliss-reactive ketones (excluding diaryl/α,β-unsaturated/α-hetero) is 1. The fourth-order valence-electron chi connectivity index (χ4n) is 5.35. The molecule has 150 valence electrons. The van der Waals surface area contributed by atoms with Crippen LogP contribution >= 0.6 is 0 Å². The van der Waals surface area contributed by atoms with Crippen LogP contribution in [0.5, 0.6) is 0 Å². The first-order valence-electron chi connectivity index (χ1n) is 10.5. The van der Waals surface area contributed by atoms with Gasteiger partial charge >= 0.3 is 0 Å². The van der Waals surface area contributed by atoms with Crippen molar-refractivity contribution in [1.29, 1.82) is 0 Å². The molecule has 1 unspecified atom stereocenters. The lowest BCUT2D eigenvalue weighted by Gasteiger charge is -2.43. The topological polar surface area (TPSA) is 74.0 Å². The summed E-state index contributed by atoms with van der Waals surface area (Å²) in [5, 5.41) is 7.39. The van der Waals surface area contributed by atoms with Crippen molar-refractivity contribution >= 4 is 22.6 Å². The molecule has 2 heterocycles. The summed E-state index contributed by atoms with van der Waals surface area (Å²) >= 11 is 0. The number of fused-ring (bicyclic) bond motifs is 3. The van der Waals surface area contributed by atoms with Crippen molar-refractivity contribution in [2.24, 2.45) is 5.41 Å². The molecule has 0 saturated carbocycles. The molecule has 28 heavy (non-hydrogen) atoms. The molecule has 3 N–H and O–H groups in total. The summed E-state index contributed by atoms with van der Waals surface area (Å²) in [7, 11) is 0. The Morgan fingerprint density at radius 3 is 2.64 bits per heavy atom. The minimum Gasteiger partial charge on any atom is -0.352 e. The minimum atomic E-state index is -0.299. The van der Waals surface area contributed by atoms with Crippen LogP contribution < -0.4 is 10.6 Å². The van der Waals surface area contributed by atoms with E-state index in [1.165, 1.54) is 0 Å². The molecule has 0 radical (unpaired) electrons. The van der Waals surface area contributed by atoms with Gasteiger partial charge in [-0.25, -0.2) is 0 Å². The Bertz CT molecular complexity index is 931. The van der Waals surface area contributed by atoms with Gasteiger partial charge in [0.1, 0.15) is 0 Å². The molecule has 2 aliphatic rings. The lowest BCUT2D eigenvalue weighted by atomic mass is 9.59. The molecule has 1 aliphatic heterocycles. The Morgan fingerprint density at radius 2 is 2.00 bits per heavy atom. The number of amides is 1. The van der Waals surface area contributed by atoms with Crippen LogP contribution in [0.4, 0.5) is 0 Å². The zero-order chi connectivity index (χ0) is 20.1. The maximum absolute atomic E-state index is 13.4. The molecule has 0 bridgehead atoms. The van der Waals surface area contributed by atoms with Gasteiger partial charge in [0.05, 0.1) is 5.69 Å². The predicted octanol–water partition coefficient (Wildman–Crippen LogP) is 3.93. The molecule has 2 aromatic rings. The molecule has 0 spiro atoms. The Labute approximate surface area is 166 Å². The van der Waals surface area contributed by atoms with Gasteiger partial charge in [0, 0.05) is 34.5 Å². The van der Waals surface area contributed by atoms with Gasteiger partial charge in [-0.15, -0.1) is 0 Å². The Hall–Kier alpha value is -2.14.